The number of hydrogen-bond acceptors (Lipinski definition) is 1. The molecule has 0 aliphatic heterocycles. The molecule has 0 radical (unpaired) electrons. The van der Waals surface area contributed by atoms with Gasteiger partial charge >= 0.3 is 0 Å². The molecule has 0 aliphatic carbocycles. The van der Waals surface area contributed by atoms with Gasteiger partial charge in [-0.3, -0.25) is 4.79 Å². The van der Waals surface area contributed by atoms with E-state index in [4.69, 9.17) is 0 Å². The van der Waals surface area contributed by atoms with Gasteiger partial charge in [0.05, 0.1) is 0 Å². The molecule has 1 atom stereocenters. The van der Waals surface area contributed by atoms with Crippen LogP contribution in [0.1, 0.15) is 48.5 Å². The Bertz CT molecular complexity index is 228. The molecular weight excluding hydrogens is 160 g/mol. The van der Waals surface area contributed by atoms with Crippen molar-refractivity contribution in [2.45, 2.75) is 48.5 Å². The number of hydrogen-bond donors (Lipinski definition) is 0. The van der Waals surface area contributed by atoms with Crippen LogP contribution in [0.2, 0.25) is 0 Å². The van der Waals surface area contributed by atoms with E-state index in [2.05, 4.69) is 34.6 Å². The topological polar surface area (TPSA) is 17.1 Å². The lowest BCUT2D eigenvalue weighted by Gasteiger charge is -2.29. The van der Waals surface area contributed by atoms with E-state index in [9.17, 15) is 4.79 Å². The molecule has 0 aromatic heterocycles. The van der Waals surface area contributed by atoms with Crippen molar-refractivity contribution in [2.24, 2.45) is 11.3 Å². The molecule has 1 nitrogen and oxygen atoms in total. The smallest absolute Gasteiger partial charge is 0.155 e. The molecule has 0 rings (SSSR count). The second kappa shape index (κ2) is 4.08. The van der Waals surface area contributed by atoms with Crippen LogP contribution in [0.5, 0.6) is 0 Å². The van der Waals surface area contributed by atoms with Crippen molar-refractivity contribution >= 4 is 5.78 Å². The predicted molar refractivity (Wildman–Crippen MR) is 57.7 cm³/mol. The summed E-state index contributed by atoms with van der Waals surface area (Å²) in [4.78, 5) is 11.2. The van der Waals surface area contributed by atoms with Crippen molar-refractivity contribution in [3.63, 3.8) is 0 Å². The summed E-state index contributed by atoms with van der Waals surface area (Å²) >= 11 is 0. The van der Waals surface area contributed by atoms with E-state index in [-0.39, 0.29) is 11.2 Å². The molecular formula is C12H22O. The second-order valence-electron chi connectivity index (χ2n) is 4.95. The molecule has 0 N–H and O–H groups in total. The lowest BCUT2D eigenvalue weighted by molar-refractivity contribution is -0.113. The van der Waals surface area contributed by atoms with Gasteiger partial charge in [-0.2, -0.15) is 0 Å². The van der Waals surface area contributed by atoms with Crippen LogP contribution in [0.4, 0.5) is 0 Å². The Morgan fingerprint density at radius 2 is 1.46 bits per heavy atom. The van der Waals surface area contributed by atoms with Gasteiger partial charge < -0.3 is 0 Å². The monoisotopic (exact) mass is 182 g/mol. The predicted octanol–water partition coefficient (Wildman–Crippen LogP) is 3.59. The first-order valence-electron chi connectivity index (χ1n) is 4.86. The molecule has 1 unspecified atom stereocenters. The number of ketones is 1. The van der Waals surface area contributed by atoms with Gasteiger partial charge in [0.2, 0.25) is 0 Å². The largest absolute Gasteiger partial charge is 0.295 e. The van der Waals surface area contributed by atoms with Gasteiger partial charge in [0.15, 0.2) is 5.78 Å². The third-order valence-corrected chi connectivity index (χ3v) is 3.07. The SMILES string of the molecule is CC(=O)/C(C)=C(\C)C(C)C(C)(C)C. The molecule has 0 aliphatic rings. The van der Waals surface area contributed by atoms with Crippen molar-refractivity contribution in [1.82, 2.24) is 0 Å². The zero-order valence-electron chi connectivity index (χ0n) is 9.99. The van der Waals surface area contributed by atoms with E-state index in [1.807, 2.05) is 6.92 Å². The fourth-order valence-electron chi connectivity index (χ4n) is 1.25. The van der Waals surface area contributed by atoms with E-state index in [0.29, 0.717) is 5.92 Å². The first-order valence-corrected chi connectivity index (χ1v) is 4.86. The van der Waals surface area contributed by atoms with Gasteiger partial charge in [-0.15, -0.1) is 0 Å². The Hall–Kier alpha value is -0.590. The number of rotatable bonds is 2. The standard InChI is InChI=1S/C12H22O/c1-8(9(2)11(4)13)10(3)12(5,6)7/h10H,1-7H3/b9-8+. The lowest BCUT2D eigenvalue weighted by Crippen LogP contribution is -2.20. The number of Topliss-reactive ketones (excluding diaryl/α,β-unsaturated/α-hetero) is 1. The molecule has 0 saturated carbocycles. The maximum absolute atomic E-state index is 11.2. The fraction of sp³-hybridized carbons (Fsp3) is 0.750. The van der Waals surface area contributed by atoms with Crippen molar-refractivity contribution in [3.05, 3.63) is 11.1 Å². The van der Waals surface area contributed by atoms with Gasteiger partial charge in [-0.05, 0) is 37.7 Å². The van der Waals surface area contributed by atoms with Crippen LogP contribution >= 0.6 is 0 Å². The van der Waals surface area contributed by atoms with E-state index in [0.717, 1.165) is 5.57 Å². The third-order valence-electron chi connectivity index (χ3n) is 3.07. The Balaban J connectivity index is 4.89. The molecule has 0 bridgehead atoms. The van der Waals surface area contributed by atoms with Gasteiger partial charge in [0.25, 0.3) is 0 Å². The highest BCUT2D eigenvalue weighted by Gasteiger charge is 2.23. The summed E-state index contributed by atoms with van der Waals surface area (Å²) in [5.41, 5.74) is 2.38. The Labute approximate surface area is 82.2 Å². The minimum Gasteiger partial charge on any atom is -0.295 e. The average molecular weight is 182 g/mol. The van der Waals surface area contributed by atoms with Crippen LogP contribution in [-0.2, 0) is 4.79 Å². The summed E-state index contributed by atoms with van der Waals surface area (Å²) in [6.07, 6.45) is 0. The lowest BCUT2D eigenvalue weighted by atomic mass is 9.76. The molecule has 13 heavy (non-hydrogen) atoms. The Morgan fingerprint density at radius 1 is 1.08 bits per heavy atom. The van der Waals surface area contributed by atoms with Crippen LogP contribution in [0.25, 0.3) is 0 Å². The highest BCUT2D eigenvalue weighted by atomic mass is 16.1. The van der Waals surface area contributed by atoms with Gasteiger partial charge in [-0.1, -0.05) is 33.3 Å². The van der Waals surface area contributed by atoms with E-state index in [1.54, 1.807) is 6.92 Å². The minimum absolute atomic E-state index is 0.189. The zero-order chi connectivity index (χ0) is 10.8. The van der Waals surface area contributed by atoms with Crippen molar-refractivity contribution in [1.29, 1.82) is 0 Å². The van der Waals surface area contributed by atoms with Crippen LogP contribution in [0.15, 0.2) is 11.1 Å². The number of allylic oxidation sites excluding steroid dienone is 2. The third kappa shape index (κ3) is 3.33. The van der Waals surface area contributed by atoms with Gasteiger partial charge in [0.1, 0.15) is 0 Å². The first-order chi connectivity index (χ1) is 5.68. The molecule has 0 aromatic rings. The highest BCUT2D eigenvalue weighted by molar-refractivity contribution is 5.93. The highest BCUT2D eigenvalue weighted by Crippen LogP contribution is 2.32. The summed E-state index contributed by atoms with van der Waals surface area (Å²) in [5.74, 6) is 0.644. The molecule has 76 valence electrons. The number of carbonyl (C=O) groups is 1. The van der Waals surface area contributed by atoms with E-state index >= 15 is 0 Å². The molecule has 0 spiro atoms. The molecule has 1 heteroatoms. The normalized spacial score (nSPS) is 16.5. The molecule has 0 amide bonds. The second-order valence-corrected chi connectivity index (χ2v) is 4.95. The van der Waals surface area contributed by atoms with Crippen molar-refractivity contribution < 1.29 is 4.79 Å². The van der Waals surface area contributed by atoms with Crippen LogP contribution in [0.3, 0.4) is 0 Å². The molecule has 0 fully saturated rings. The first kappa shape index (κ1) is 12.4. The summed E-state index contributed by atoms with van der Waals surface area (Å²) in [6.45, 7) is 14.4. The quantitative estimate of drug-likeness (QED) is 0.596. The van der Waals surface area contributed by atoms with Crippen LogP contribution < -0.4 is 0 Å². The number of carbonyl (C=O) groups excluding carboxylic acids is 1. The summed E-state index contributed by atoms with van der Waals surface area (Å²) in [7, 11) is 0. The zero-order valence-corrected chi connectivity index (χ0v) is 9.99. The van der Waals surface area contributed by atoms with E-state index in [1.165, 1.54) is 5.57 Å². The maximum atomic E-state index is 11.2. The van der Waals surface area contributed by atoms with Crippen LogP contribution in [0, 0.1) is 11.3 Å². The Morgan fingerprint density at radius 3 is 1.69 bits per heavy atom. The summed E-state index contributed by atoms with van der Waals surface area (Å²) in [5, 5.41) is 0. The van der Waals surface area contributed by atoms with Crippen molar-refractivity contribution in [2.75, 3.05) is 0 Å². The fourth-order valence-corrected chi connectivity index (χ4v) is 1.25. The average Bonchev–Trinajstić information content (AvgIpc) is 1.98. The van der Waals surface area contributed by atoms with Gasteiger partial charge in [-0.25, -0.2) is 0 Å². The van der Waals surface area contributed by atoms with Crippen molar-refractivity contribution in [3.8, 4) is 0 Å². The molecule has 0 heterocycles. The minimum atomic E-state index is 0.189. The van der Waals surface area contributed by atoms with E-state index < -0.39 is 0 Å². The van der Waals surface area contributed by atoms with Crippen LogP contribution in [-0.4, -0.2) is 5.78 Å². The summed E-state index contributed by atoms with van der Waals surface area (Å²) in [6, 6.07) is 0. The Kier molecular flexibility index (Phi) is 3.89. The summed E-state index contributed by atoms with van der Waals surface area (Å²) < 4.78 is 0. The molecule has 0 saturated heterocycles. The van der Waals surface area contributed by atoms with Gasteiger partial charge in [0, 0.05) is 0 Å². The molecule has 0 aromatic carbocycles. The maximum Gasteiger partial charge on any atom is 0.155 e.